The van der Waals surface area contributed by atoms with Gasteiger partial charge in [0.1, 0.15) is 0 Å². The first-order valence-electron chi connectivity index (χ1n) is 19.4. The maximum Gasteiger partial charge on any atom is 0.0543 e. The first-order chi connectivity index (χ1) is 26.7. The number of nitrogens with zero attached hydrogens (tertiary/aromatic N) is 2. The van der Waals surface area contributed by atoms with Crippen LogP contribution in [0.2, 0.25) is 0 Å². The maximum absolute atomic E-state index is 4.81. The predicted molar refractivity (Wildman–Crippen MR) is 236 cm³/mol. The second-order valence-corrected chi connectivity index (χ2v) is 16.0. The number of allylic oxidation sites excluding steroid dienone is 5. The topological polar surface area (TPSA) is 6.48 Å². The Morgan fingerprint density at radius 1 is 0.491 bits per heavy atom. The third kappa shape index (κ3) is 5.90. The molecule has 0 radical (unpaired) electrons. The normalized spacial score (nSPS) is 16.3. The van der Waals surface area contributed by atoms with Crippen molar-refractivity contribution in [3.63, 3.8) is 0 Å². The summed E-state index contributed by atoms with van der Waals surface area (Å²) >= 11 is 0. The molecule has 0 N–H and O–H groups in total. The second kappa shape index (κ2) is 13.5. The lowest BCUT2D eigenvalue weighted by Crippen LogP contribution is -2.19. The SMILES string of the molecule is C=C1C=C2/C(=C\CC(C)(C)c3cc(N(c4ccccc4)c4ccccc4)ccc31)c1c(cc(N(c3ccccc3)c3ccccc3)c3ccccc13)C2(C)C. The lowest BCUT2D eigenvalue weighted by molar-refractivity contribution is 0.533. The van der Waals surface area contributed by atoms with Gasteiger partial charge in [-0.2, -0.15) is 0 Å². The quantitative estimate of drug-likeness (QED) is 0.170. The summed E-state index contributed by atoms with van der Waals surface area (Å²) in [7, 11) is 0. The summed E-state index contributed by atoms with van der Waals surface area (Å²) < 4.78 is 0. The van der Waals surface area contributed by atoms with E-state index in [1.165, 1.54) is 49.9 Å². The average molecular weight is 711 g/mol. The van der Waals surface area contributed by atoms with Crippen LogP contribution in [0.4, 0.5) is 34.1 Å². The van der Waals surface area contributed by atoms with Gasteiger partial charge >= 0.3 is 0 Å². The lowest BCUT2D eigenvalue weighted by atomic mass is 9.77. The Hall–Kier alpha value is -6.38. The molecule has 2 nitrogen and oxygen atoms in total. The van der Waals surface area contributed by atoms with Gasteiger partial charge < -0.3 is 9.80 Å². The van der Waals surface area contributed by atoms with Crippen molar-refractivity contribution in [1.29, 1.82) is 0 Å². The van der Waals surface area contributed by atoms with E-state index >= 15 is 0 Å². The molecule has 7 aromatic carbocycles. The highest BCUT2D eigenvalue weighted by molar-refractivity contribution is 6.10. The van der Waals surface area contributed by atoms with E-state index in [9.17, 15) is 0 Å². The van der Waals surface area contributed by atoms with E-state index in [1.807, 2.05) is 0 Å². The first-order valence-corrected chi connectivity index (χ1v) is 19.4. The van der Waals surface area contributed by atoms with Crippen molar-refractivity contribution in [2.24, 2.45) is 0 Å². The van der Waals surface area contributed by atoms with Crippen molar-refractivity contribution >= 4 is 56.0 Å². The molecular formula is C53H46N2. The molecule has 2 heteroatoms. The molecule has 0 bridgehead atoms. The summed E-state index contributed by atoms with van der Waals surface area (Å²) in [6, 6.07) is 61.2. The molecule has 0 aliphatic heterocycles. The maximum atomic E-state index is 4.81. The van der Waals surface area contributed by atoms with Gasteiger partial charge in [-0.25, -0.2) is 0 Å². The Kier molecular flexibility index (Phi) is 8.43. The molecule has 0 atom stereocenters. The molecule has 0 unspecified atom stereocenters. The molecule has 2 aliphatic carbocycles. The Morgan fingerprint density at radius 2 is 0.982 bits per heavy atom. The van der Waals surface area contributed by atoms with Gasteiger partial charge in [-0.1, -0.05) is 150 Å². The molecule has 0 spiro atoms. The van der Waals surface area contributed by atoms with Gasteiger partial charge in [0.2, 0.25) is 0 Å². The van der Waals surface area contributed by atoms with Crippen LogP contribution in [0, 0.1) is 0 Å². The van der Waals surface area contributed by atoms with E-state index in [1.54, 1.807) is 0 Å². The molecule has 7 aromatic rings. The Balaban J connectivity index is 1.22. The van der Waals surface area contributed by atoms with Crippen LogP contribution in [0.5, 0.6) is 0 Å². The summed E-state index contributed by atoms with van der Waals surface area (Å²) in [6.45, 7) is 14.4. The molecular weight excluding hydrogens is 665 g/mol. The molecule has 0 aromatic heterocycles. The molecule has 9 rings (SSSR count). The fraction of sp³-hybridized carbons (Fsp3) is 0.132. The molecule has 0 saturated heterocycles. The van der Waals surface area contributed by atoms with Crippen molar-refractivity contribution in [2.45, 2.75) is 44.9 Å². The number of anilines is 6. The molecule has 2 aliphatic rings. The largest absolute Gasteiger partial charge is 0.310 e. The van der Waals surface area contributed by atoms with E-state index < -0.39 is 0 Å². The Labute approximate surface area is 326 Å². The van der Waals surface area contributed by atoms with Crippen LogP contribution in [-0.2, 0) is 10.8 Å². The predicted octanol–water partition coefficient (Wildman–Crippen LogP) is 14.8. The van der Waals surface area contributed by atoms with Gasteiger partial charge in [0, 0.05) is 39.2 Å². The fourth-order valence-electron chi connectivity index (χ4n) is 8.82. The summed E-state index contributed by atoms with van der Waals surface area (Å²) in [4.78, 5) is 4.77. The van der Waals surface area contributed by atoms with Crippen LogP contribution in [0.3, 0.4) is 0 Å². The van der Waals surface area contributed by atoms with Crippen LogP contribution < -0.4 is 9.80 Å². The van der Waals surface area contributed by atoms with Crippen molar-refractivity contribution in [1.82, 2.24) is 0 Å². The van der Waals surface area contributed by atoms with Crippen molar-refractivity contribution < 1.29 is 0 Å². The zero-order valence-electron chi connectivity index (χ0n) is 32.1. The number of fused-ring (bicyclic) bond motifs is 6. The minimum absolute atomic E-state index is 0.177. The fourth-order valence-corrected chi connectivity index (χ4v) is 8.82. The van der Waals surface area contributed by atoms with E-state index in [4.69, 9.17) is 6.58 Å². The molecule has 55 heavy (non-hydrogen) atoms. The highest BCUT2D eigenvalue weighted by Crippen LogP contribution is 2.56. The van der Waals surface area contributed by atoms with Crippen LogP contribution in [-0.4, -0.2) is 0 Å². The summed E-state index contributed by atoms with van der Waals surface area (Å²) in [5.74, 6) is 0. The highest BCUT2D eigenvalue weighted by atomic mass is 15.1. The first kappa shape index (κ1) is 34.4. The summed E-state index contributed by atoms with van der Waals surface area (Å²) in [6.07, 6.45) is 5.79. The van der Waals surface area contributed by atoms with E-state index in [2.05, 4.69) is 220 Å². The van der Waals surface area contributed by atoms with Gasteiger partial charge in [0.05, 0.1) is 5.69 Å². The van der Waals surface area contributed by atoms with Crippen molar-refractivity contribution in [3.05, 3.63) is 216 Å². The zero-order valence-corrected chi connectivity index (χ0v) is 32.1. The number of para-hydroxylation sites is 4. The molecule has 268 valence electrons. The van der Waals surface area contributed by atoms with Gasteiger partial charge in [-0.15, -0.1) is 0 Å². The molecule has 0 fully saturated rings. The average Bonchev–Trinajstić information content (AvgIpc) is 3.45. The van der Waals surface area contributed by atoms with Crippen LogP contribution in [0.1, 0.15) is 56.4 Å². The van der Waals surface area contributed by atoms with Gasteiger partial charge in [-0.05, 0) is 123 Å². The summed E-state index contributed by atoms with van der Waals surface area (Å²) in [5.41, 5.74) is 15.3. The molecule has 0 heterocycles. The number of hydrogen-bond donors (Lipinski definition) is 0. The van der Waals surface area contributed by atoms with Crippen molar-refractivity contribution in [2.75, 3.05) is 9.80 Å². The lowest BCUT2D eigenvalue weighted by Gasteiger charge is -2.31. The molecule has 0 amide bonds. The van der Waals surface area contributed by atoms with Crippen LogP contribution in [0.15, 0.2) is 194 Å². The highest BCUT2D eigenvalue weighted by Gasteiger charge is 2.41. The number of hydrogen-bond acceptors (Lipinski definition) is 2. The van der Waals surface area contributed by atoms with E-state index in [-0.39, 0.29) is 10.8 Å². The van der Waals surface area contributed by atoms with Gasteiger partial charge in [-0.3, -0.25) is 0 Å². The van der Waals surface area contributed by atoms with Crippen LogP contribution in [0.25, 0.3) is 21.9 Å². The standard InChI is InChI=1S/C53H46N2/c1-37-34-48-46(32-33-52(2,3)47-35-42(30-31-43(37)47)54(38-20-10-6-11-21-38)39-22-12-7-13-23-39)51-45-29-19-18-28-44(45)50(36-49(51)53(48,4)5)55(40-24-14-8-15-25-40)41-26-16-9-17-27-41/h6-32,34-36H,1,33H2,2-5H3/b46-32+,48-34?. The van der Waals surface area contributed by atoms with Gasteiger partial charge in [0.15, 0.2) is 0 Å². The summed E-state index contributed by atoms with van der Waals surface area (Å²) in [5, 5.41) is 2.51. The third-order valence-electron chi connectivity index (χ3n) is 11.7. The van der Waals surface area contributed by atoms with Gasteiger partial charge in [0.25, 0.3) is 0 Å². The second-order valence-electron chi connectivity index (χ2n) is 16.0. The Bertz CT molecular complexity index is 2530. The van der Waals surface area contributed by atoms with Crippen molar-refractivity contribution in [3.8, 4) is 0 Å². The monoisotopic (exact) mass is 710 g/mol. The smallest absolute Gasteiger partial charge is 0.0543 e. The van der Waals surface area contributed by atoms with E-state index in [0.29, 0.717) is 0 Å². The van der Waals surface area contributed by atoms with Crippen LogP contribution >= 0.6 is 0 Å². The Morgan fingerprint density at radius 3 is 1.53 bits per heavy atom. The minimum atomic E-state index is -0.270. The van der Waals surface area contributed by atoms with E-state index in [0.717, 1.165) is 40.4 Å². The minimum Gasteiger partial charge on any atom is -0.310 e. The number of benzene rings is 7. The third-order valence-corrected chi connectivity index (χ3v) is 11.7. The molecule has 0 saturated carbocycles. The zero-order chi connectivity index (χ0) is 37.7. The number of rotatable bonds is 6.